The summed E-state index contributed by atoms with van der Waals surface area (Å²) in [6.07, 6.45) is 3.40. The van der Waals surface area contributed by atoms with Gasteiger partial charge in [0.1, 0.15) is 0 Å². The molecule has 0 aliphatic heterocycles. The molecule has 0 saturated heterocycles. The van der Waals surface area contributed by atoms with Crippen LogP contribution in [0.1, 0.15) is 0 Å². The Morgan fingerprint density at radius 1 is 0.692 bits per heavy atom. The molecule has 0 fully saturated rings. The summed E-state index contributed by atoms with van der Waals surface area (Å²) < 4.78 is 14.5. The van der Waals surface area contributed by atoms with E-state index in [1.807, 2.05) is 98.7 Å². The molecule has 0 amide bonds. The van der Waals surface area contributed by atoms with Crippen LogP contribution in [0.3, 0.4) is 0 Å². The van der Waals surface area contributed by atoms with Gasteiger partial charge < -0.3 is 14.4 Å². The minimum Gasteiger partial charge on any atom is -0.378 e. The van der Waals surface area contributed by atoms with Crippen molar-refractivity contribution in [3.05, 3.63) is 73.1 Å². The average Bonchev–Trinajstić information content (AvgIpc) is 2.68. The third-order valence-corrected chi connectivity index (χ3v) is 7.48. The molecule has 0 aliphatic rings. The molecule has 26 heavy (non-hydrogen) atoms. The highest BCUT2D eigenvalue weighted by molar-refractivity contribution is 7.85. The molecule has 0 atom stereocenters. The fourth-order valence-electron chi connectivity index (χ4n) is 2.94. The van der Waals surface area contributed by atoms with Gasteiger partial charge in [-0.15, -0.1) is 0 Å². The number of hydrogen-bond acceptors (Lipinski definition) is 4. The standard InChI is InChI=1S/C21H24N3OP/c1-23(2)17-7-5-9-20(15-17)26(25,19-11-13-22-14-12-19)21-10-6-8-18(16-21)24(3)4/h5-16H,1-4H3. The number of anilines is 2. The first-order chi connectivity index (χ1) is 12.4. The van der Waals surface area contributed by atoms with E-state index in [2.05, 4.69) is 4.98 Å². The predicted molar refractivity (Wildman–Crippen MR) is 112 cm³/mol. The van der Waals surface area contributed by atoms with E-state index in [9.17, 15) is 4.57 Å². The van der Waals surface area contributed by atoms with Crippen molar-refractivity contribution in [3.8, 4) is 0 Å². The predicted octanol–water partition coefficient (Wildman–Crippen LogP) is 2.85. The summed E-state index contributed by atoms with van der Waals surface area (Å²) in [7, 11) is 4.95. The number of benzene rings is 2. The highest BCUT2D eigenvalue weighted by Crippen LogP contribution is 2.43. The van der Waals surface area contributed by atoms with Crippen molar-refractivity contribution in [1.82, 2.24) is 4.98 Å². The molecule has 0 N–H and O–H groups in total. The minimum atomic E-state index is -3.00. The smallest absolute Gasteiger partial charge is 0.171 e. The highest BCUT2D eigenvalue weighted by atomic mass is 31.2. The summed E-state index contributed by atoms with van der Waals surface area (Å²) in [4.78, 5) is 8.15. The van der Waals surface area contributed by atoms with E-state index >= 15 is 0 Å². The Bertz CT molecular complexity index is 883. The Labute approximate surface area is 155 Å². The van der Waals surface area contributed by atoms with Crippen LogP contribution < -0.4 is 25.7 Å². The summed E-state index contributed by atoms with van der Waals surface area (Å²) in [5.74, 6) is 0. The van der Waals surface area contributed by atoms with Crippen molar-refractivity contribution in [3.63, 3.8) is 0 Å². The second-order valence-corrected chi connectivity index (χ2v) is 9.41. The van der Waals surface area contributed by atoms with Gasteiger partial charge in [0, 0.05) is 67.9 Å². The van der Waals surface area contributed by atoms with Crippen molar-refractivity contribution < 1.29 is 4.57 Å². The third-order valence-electron chi connectivity index (χ3n) is 4.45. The maximum absolute atomic E-state index is 14.5. The van der Waals surface area contributed by atoms with Crippen molar-refractivity contribution in [2.75, 3.05) is 38.0 Å². The Balaban J connectivity index is 2.27. The molecule has 1 aromatic heterocycles. The van der Waals surface area contributed by atoms with Crippen molar-refractivity contribution in [2.24, 2.45) is 0 Å². The molecule has 3 rings (SSSR count). The normalized spacial score (nSPS) is 11.2. The minimum absolute atomic E-state index is 0.791. The molecule has 0 aliphatic carbocycles. The van der Waals surface area contributed by atoms with Crippen molar-refractivity contribution in [2.45, 2.75) is 0 Å². The van der Waals surface area contributed by atoms with Gasteiger partial charge in [-0.1, -0.05) is 24.3 Å². The summed E-state index contributed by atoms with van der Waals surface area (Å²) >= 11 is 0. The van der Waals surface area contributed by atoms with Crippen molar-refractivity contribution >= 4 is 34.4 Å². The Morgan fingerprint density at radius 2 is 1.15 bits per heavy atom. The quantitative estimate of drug-likeness (QED) is 0.652. The zero-order chi connectivity index (χ0) is 18.7. The molecule has 1 heterocycles. The van der Waals surface area contributed by atoms with Crippen LogP contribution in [0.2, 0.25) is 0 Å². The highest BCUT2D eigenvalue weighted by Gasteiger charge is 2.30. The van der Waals surface area contributed by atoms with Crippen molar-refractivity contribution in [1.29, 1.82) is 0 Å². The van der Waals surface area contributed by atoms with E-state index in [0.717, 1.165) is 27.3 Å². The number of nitrogens with zero attached hydrogens (tertiary/aromatic N) is 3. The monoisotopic (exact) mass is 365 g/mol. The molecule has 0 saturated carbocycles. The topological polar surface area (TPSA) is 36.4 Å². The van der Waals surface area contributed by atoms with Gasteiger partial charge in [0.2, 0.25) is 0 Å². The molecule has 0 spiro atoms. The first-order valence-corrected chi connectivity index (χ1v) is 10.2. The molecule has 0 bridgehead atoms. The summed E-state index contributed by atoms with van der Waals surface area (Å²) in [5, 5.41) is 2.44. The molecule has 4 nitrogen and oxygen atoms in total. The molecule has 134 valence electrons. The van der Waals surface area contributed by atoms with Crippen LogP contribution >= 0.6 is 7.14 Å². The van der Waals surface area contributed by atoms with Crippen LogP contribution in [0.15, 0.2) is 73.1 Å². The lowest BCUT2D eigenvalue weighted by molar-refractivity contribution is 0.592. The molecular weight excluding hydrogens is 341 g/mol. The van der Waals surface area contributed by atoms with Gasteiger partial charge >= 0.3 is 0 Å². The maximum atomic E-state index is 14.5. The maximum Gasteiger partial charge on any atom is 0.171 e. The van der Waals surface area contributed by atoms with Crippen LogP contribution in [-0.4, -0.2) is 33.2 Å². The van der Waals surface area contributed by atoms with Gasteiger partial charge in [-0.2, -0.15) is 0 Å². The van der Waals surface area contributed by atoms with Crippen LogP contribution in [0.4, 0.5) is 11.4 Å². The van der Waals surface area contributed by atoms with Crippen LogP contribution in [0.25, 0.3) is 0 Å². The van der Waals surface area contributed by atoms with Gasteiger partial charge in [-0.05, 0) is 36.4 Å². The molecule has 5 heteroatoms. The van der Waals surface area contributed by atoms with E-state index in [0.29, 0.717) is 0 Å². The van der Waals surface area contributed by atoms with Gasteiger partial charge in [-0.25, -0.2) is 0 Å². The van der Waals surface area contributed by atoms with Crippen LogP contribution in [0.5, 0.6) is 0 Å². The van der Waals surface area contributed by atoms with E-state index in [1.54, 1.807) is 12.4 Å². The Hall–Kier alpha value is -2.58. The fraction of sp³-hybridized carbons (Fsp3) is 0.190. The van der Waals surface area contributed by atoms with Crippen LogP contribution in [-0.2, 0) is 4.57 Å². The first-order valence-electron chi connectivity index (χ1n) is 8.49. The number of rotatable bonds is 5. The summed E-state index contributed by atoms with van der Waals surface area (Å²) in [6, 6.07) is 19.6. The van der Waals surface area contributed by atoms with Crippen LogP contribution in [0, 0.1) is 0 Å². The summed E-state index contributed by atoms with van der Waals surface area (Å²) in [5.41, 5.74) is 2.06. The number of pyridine rings is 1. The SMILES string of the molecule is CN(C)c1cccc(P(=O)(c2ccncc2)c2cccc(N(C)C)c2)c1. The molecular formula is C21H24N3OP. The lowest BCUT2D eigenvalue weighted by Crippen LogP contribution is -2.26. The van der Waals surface area contributed by atoms with Gasteiger partial charge in [-0.3, -0.25) is 4.98 Å². The van der Waals surface area contributed by atoms with E-state index in [1.165, 1.54) is 0 Å². The largest absolute Gasteiger partial charge is 0.378 e. The number of hydrogen-bond donors (Lipinski definition) is 0. The van der Waals surface area contributed by atoms with E-state index in [-0.39, 0.29) is 0 Å². The second-order valence-electron chi connectivity index (χ2n) is 6.64. The van der Waals surface area contributed by atoms with E-state index < -0.39 is 7.14 Å². The molecule has 0 unspecified atom stereocenters. The Morgan fingerprint density at radius 3 is 1.58 bits per heavy atom. The number of aromatic nitrogens is 1. The zero-order valence-corrected chi connectivity index (χ0v) is 16.5. The van der Waals surface area contributed by atoms with Gasteiger partial charge in [0.15, 0.2) is 7.14 Å². The first kappa shape index (κ1) is 18.2. The lowest BCUT2D eigenvalue weighted by Gasteiger charge is -2.23. The average molecular weight is 365 g/mol. The summed E-state index contributed by atoms with van der Waals surface area (Å²) in [6.45, 7) is 0. The third kappa shape index (κ3) is 3.38. The Kier molecular flexibility index (Phi) is 5.15. The molecule has 2 aromatic carbocycles. The second kappa shape index (κ2) is 7.35. The van der Waals surface area contributed by atoms with Gasteiger partial charge in [0.25, 0.3) is 0 Å². The molecule has 0 radical (unpaired) electrons. The van der Waals surface area contributed by atoms with Gasteiger partial charge in [0.05, 0.1) is 0 Å². The van der Waals surface area contributed by atoms with E-state index in [4.69, 9.17) is 0 Å². The molecule has 3 aromatic rings. The zero-order valence-electron chi connectivity index (χ0n) is 15.6. The fourth-order valence-corrected chi connectivity index (χ4v) is 5.60. The lowest BCUT2D eigenvalue weighted by atomic mass is 10.3.